The molecule has 4 rings (SSSR count). The summed E-state index contributed by atoms with van der Waals surface area (Å²) >= 11 is 0. The van der Waals surface area contributed by atoms with E-state index < -0.39 is 0 Å². The zero-order valence-electron chi connectivity index (χ0n) is 13.3. The van der Waals surface area contributed by atoms with Gasteiger partial charge in [0.1, 0.15) is 0 Å². The second kappa shape index (κ2) is 5.56. The molecule has 0 aliphatic heterocycles. The molecule has 0 heterocycles. The minimum absolute atomic E-state index is 0.713. The molecule has 23 heavy (non-hydrogen) atoms. The smallest absolute Gasteiger partial charge is 0.0991 e. The lowest BCUT2D eigenvalue weighted by Crippen LogP contribution is -1.97. The van der Waals surface area contributed by atoms with E-state index in [4.69, 9.17) is 5.26 Å². The SMILES string of the molecule is CC1=C(C2CC2)c2cccc(-c3ccc(C#N)cc3)c2CC=C1. The van der Waals surface area contributed by atoms with Gasteiger partial charge in [0.25, 0.3) is 0 Å². The van der Waals surface area contributed by atoms with Crippen LogP contribution < -0.4 is 0 Å². The van der Waals surface area contributed by atoms with Crippen molar-refractivity contribution >= 4 is 5.57 Å². The summed E-state index contributed by atoms with van der Waals surface area (Å²) in [5, 5.41) is 8.99. The van der Waals surface area contributed by atoms with E-state index in [0.717, 1.165) is 12.3 Å². The van der Waals surface area contributed by atoms with Crippen molar-refractivity contribution in [2.75, 3.05) is 0 Å². The summed E-state index contributed by atoms with van der Waals surface area (Å²) in [6.07, 6.45) is 8.19. The van der Waals surface area contributed by atoms with Gasteiger partial charge in [-0.25, -0.2) is 0 Å². The number of hydrogen-bond acceptors (Lipinski definition) is 1. The van der Waals surface area contributed by atoms with Crippen molar-refractivity contribution in [3.05, 3.63) is 76.9 Å². The summed E-state index contributed by atoms with van der Waals surface area (Å²) in [6.45, 7) is 2.24. The van der Waals surface area contributed by atoms with Gasteiger partial charge in [0, 0.05) is 0 Å². The maximum absolute atomic E-state index is 8.99. The molecular formula is C22H19N. The van der Waals surface area contributed by atoms with Crippen LogP contribution in [0, 0.1) is 17.2 Å². The maximum Gasteiger partial charge on any atom is 0.0991 e. The van der Waals surface area contributed by atoms with Crippen LogP contribution in [0.2, 0.25) is 0 Å². The van der Waals surface area contributed by atoms with Crippen LogP contribution in [-0.4, -0.2) is 0 Å². The zero-order valence-corrected chi connectivity index (χ0v) is 13.3. The molecule has 1 nitrogen and oxygen atoms in total. The molecule has 0 bridgehead atoms. The van der Waals surface area contributed by atoms with Gasteiger partial charge < -0.3 is 0 Å². The number of rotatable bonds is 2. The van der Waals surface area contributed by atoms with E-state index in [-0.39, 0.29) is 0 Å². The van der Waals surface area contributed by atoms with Gasteiger partial charge in [0.2, 0.25) is 0 Å². The number of benzene rings is 2. The average Bonchev–Trinajstić information content (AvgIpc) is 3.41. The minimum atomic E-state index is 0.713. The molecule has 2 aliphatic rings. The van der Waals surface area contributed by atoms with E-state index in [0.29, 0.717) is 5.56 Å². The fourth-order valence-electron chi connectivity index (χ4n) is 3.62. The molecule has 0 spiro atoms. The van der Waals surface area contributed by atoms with Gasteiger partial charge >= 0.3 is 0 Å². The Labute approximate surface area is 137 Å². The number of nitriles is 1. The summed E-state index contributed by atoms with van der Waals surface area (Å²) in [5.41, 5.74) is 9.02. The van der Waals surface area contributed by atoms with Crippen molar-refractivity contribution in [2.24, 2.45) is 5.92 Å². The fraction of sp³-hybridized carbons (Fsp3) is 0.227. The quantitative estimate of drug-likeness (QED) is 0.716. The number of hydrogen-bond donors (Lipinski definition) is 0. The van der Waals surface area contributed by atoms with E-state index in [1.54, 1.807) is 5.57 Å². The topological polar surface area (TPSA) is 23.8 Å². The molecule has 0 unspecified atom stereocenters. The Morgan fingerprint density at radius 1 is 1.00 bits per heavy atom. The van der Waals surface area contributed by atoms with Crippen molar-refractivity contribution in [3.63, 3.8) is 0 Å². The van der Waals surface area contributed by atoms with E-state index in [9.17, 15) is 0 Å². The molecule has 0 saturated heterocycles. The molecule has 0 atom stereocenters. The van der Waals surface area contributed by atoms with Crippen LogP contribution in [0.15, 0.2) is 60.2 Å². The minimum Gasteiger partial charge on any atom is -0.192 e. The monoisotopic (exact) mass is 297 g/mol. The Kier molecular flexibility index (Phi) is 3.39. The van der Waals surface area contributed by atoms with Crippen LogP contribution >= 0.6 is 0 Å². The third kappa shape index (κ3) is 2.51. The van der Waals surface area contributed by atoms with Gasteiger partial charge in [0.05, 0.1) is 11.6 Å². The van der Waals surface area contributed by atoms with Gasteiger partial charge in [-0.3, -0.25) is 0 Å². The summed E-state index contributed by atoms with van der Waals surface area (Å²) in [6, 6.07) is 16.8. The third-order valence-electron chi connectivity index (χ3n) is 4.89. The molecule has 112 valence electrons. The van der Waals surface area contributed by atoms with Crippen molar-refractivity contribution in [3.8, 4) is 17.2 Å². The van der Waals surface area contributed by atoms with Gasteiger partial charge in [-0.15, -0.1) is 0 Å². The van der Waals surface area contributed by atoms with Crippen LogP contribution in [-0.2, 0) is 6.42 Å². The second-order valence-corrected chi connectivity index (χ2v) is 6.50. The highest BCUT2D eigenvalue weighted by Gasteiger charge is 2.30. The van der Waals surface area contributed by atoms with Gasteiger partial charge in [-0.1, -0.05) is 42.5 Å². The van der Waals surface area contributed by atoms with Gasteiger partial charge in [-0.05, 0) is 77.6 Å². The Hall–Kier alpha value is -2.59. The Morgan fingerprint density at radius 3 is 2.43 bits per heavy atom. The molecule has 2 aliphatic carbocycles. The summed E-state index contributed by atoms with van der Waals surface area (Å²) in [7, 11) is 0. The predicted octanol–water partition coefficient (Wildman–Crippen LogP) is 5.52. The highest BCUT2D eigenvalue weighted by atomic mass is 14.3. The van der Waals surface area contributed by atoms with Crippen molar-refractivity contribution < 1.29 is 0 Å². The van der Waals surface area contributed by atoms with Crippen LogP contribution in [0.1, 0.15) is 36.5 Å². The van der Waals surface area contributed by atoms with Crippen molar-refractivity contribution in [1.29, 1.82) is 5.26 Å². The van der Waals surface area contributed by atoms with E-state index in [1.165, 1.54) is 40.7 Å². The first-order chi connectivity index (χ1) is 11.3. The molecule has 0 aromatic heterocycles. The predicted molar refractivity (Wildman–Crippen MR) is 94.8 cm³/mol. The average molecular weight is 297 g/mol. The maximum atomic E-state index is 8.99. The molecule has 1 heteroatoms. The Balaban J connectivity index is 1.88. The Bertz CT molecular complexity index is 856. The normalized spacial score (nSPS) is 16.7. The van der Waals surface area contributed by atoms with Crippen LogP contribution in [0.25, 0.3) is 16.7 Å². The first kappa shape index (κ1) is 14.0. The second-order valence-electron chi connectivity index (χ2n) is 6.50. The highest BCUT2D eigenvalue weighted by Crippen LogP contribution is 2.47. The van der Waals surface area contributed by atoms with Crippen molar-refractivity contribution in [2.45, 2.75) is 26.2 Å². The Morgan fingerprint density at radius 2 is 1.74 bits per heavy atom. The van der Waals surface area contributed by atoms with Crippen LogP contribution in [0.3, 0.4) is 0 Å². The van der Waals surface area contributed by atoms with Crippen molar-refractivity contribution in [1.82, 2.24) is 0 Å². The lowest BCUT2D eigenvalue weighted by Gasteiger charge is -2.16. The number of nitrogens with zero attached hydrogens (tertiary/aromatic N) is 1. The molecular weight excluding hydrogens is 278 g/mol. The largest absolute Gasteiger partial charge is 0.192 e. The lowest BCUT2D eigenvalue weighted by molar-refractivity contribution is 1.12. The van der Waals surface area contributed by atoms with E-state index in [1.807, 2.05) is 12.1 Å². The fourth-order valence-corrected chi connectivity index (χ4v) is 3.62. The first-order valence-electron chi connectivity index (χ1n) is 8.28. The lowest BCUT2D eigenvalue weighted by atomic mass is 9.88. The summed E-state index contributed by atoms with van der Waals surface area (Å²) < 4.78 is 0. The standard InChI is InChI=1S/C22H19N/c1-15-4-2-6-20-19(17-10-8-16(14-23)9-11-17)5-3-7-21(20)22(15)18-12-13-18/h2-5,7-11,18H,6,12-13H2,1H3. The highest BCUT2D eigenvalue weighted by molar-refractivity contribution is 5.82. The van der Waals surface area contributed by atoms with Gasteiger partial charge in [-0.2, -0.15) is 5.26 Å². The molecule has 0 amide bonds. The zero-order chi connectivity index (χ0) is 15.8. The summed E-state index contributed by atoms with van der Waals surface area (Å²) in [5.74, 6) is 0.743. The first-order valence-corrected chi connectivity index (χ1v) is 8.28. The molecule has 1 saturated carbocycles. The van der Waals surface area contributed by atoms with E-state index >= 15 is 0 Å². The number of allylic oxidation sites excluding steroid dienone is 4. The summed E-state index contributed by atoms with van der Waals surface area (Å²) in [4.78, 5) is 0. The molecule has 1 fully saturated rings. The number of fused-ring (bicyclic) bond motifs is 1. The van der Waals surface area contributed by atoms with Gasteiger partial charge in [0.15, 0.2) is 0 Å². The molecule has 0 radical (unpaired) electrons. The molecule has 2 aromatic carbocycles. The van der Waals surface area contributed by atoms with Crippen LogP contribution in [0.4, 0.5) is 0 Å². The van der Waals surface area contributed by atoms with Crippen LogP contribution in [0.5, 0.6) is 0 Å². The third-order valence-corrected chi connectivity index (χ3v) is 4.89. The van der Waals surface area contributed by atoms with E-state index in [2.05, 4.69) is 55.5 Å². The molecule has 2 aromatic rings. The molecule has 0 N–H and O–H groups in total.